The first-order valence-electron chi connectivity index (χ1n) is 6.42. The second-order valence-corrected chi connectivity index (χ2v) is 5.35. The van der Waals surface area contributed by atoms with Crippen LogP contribution in [0.5, 0.6) is 0 Å². The Bertz CT molecular complexity index is 538. The molecule has 0 radical (unpaired) electrons. The van der Waals surface area contributed by atoms with Crippen molar-refractivity contribution < 1.29 is 9.53 Å². The van der Waals surface area contributed by atoms with Gasteiger partial charge in [-0.15, -0.1) is 11.3 Å². The molecule has 2 rings (SSSR count). The van der Waals surface area contributed by atoms with Gasteiger partial charge in [-0.3, -0.25) is 9.48 Å². The van der Waals surface area contributed by atoms with Gasteiger partial charge >= 0.3 is 5.97 Å². The summed E-state index contributed by atoms with van der Waals surface area (Å²) in [6, 6.07) is 2.13. The summed E-state index contributed by atoms with van der Waals surface area (Å²) in [4.78, 5) is 15.5. The first-order valence-corrected chi connectivity index (χ1v) is 7.30. The number of ether oxygens (including phenoxy) is 1. The van der Waals surface area contributed by atoms with Crippen LogP contribution in [0.4, 0.5) is 5.13 Å². The van der Waals surface area contributed by atoms with Gasteiger partial charge in [-0.05, 0) is 13.0 Å². The highest BCUT2D eigenvalue weighted by Crippen LogP contribution is 2.17. The molecule has 0 aromatic carbocycles. The molecule has 0 aliphatic carbocycles. The summed E-state index contributed by atoms with van der Waals surface area (Å²) in [5.74, 6) is -0.209. The van der Waals surface area contributed by atoms with E-state index in [0.717, 1.165) is 17.4 Å². The highest BCUT2D eigenvalue weighted by Gasteiger charge is 2.08. The lowest BCUT2D eigenvalue weighted by atomic mass is 10.2. The van der Waals surface area contributed by atoms with E-state index in [1.54, 1.807) is 17.5 Å². The molecule has 0 fully saturated rings. The second kappa shape index (κ2) is 7.04. The van der Waals surface area contributed by atoms with Crippen LogP contribution in [0, 0.1) is 0 Å². The molecule has 0 aliphatic rings. The summed E-state index contributed by atoms with van der Waals surface area (Å²) in [6.45, 7) is 2.86. The number of carbonyl (C=O) groups is 1. The van der Waals surface area contributed by atoms with E-state index >= 15 is 0 Å². The number of thiazole rings is 1. The fourth-order valence-corrected chi connectivity index (χ4v) is 2.62. The summed E-state index contributed by atoms with van der Waals surface area (Å²) < 4.78 is 6.49. The maximum atomic E-state index is 11.1. The Balaban J connectivity index is 1.81. The van der Waals surface area contributed by atoms with Crippen molar-refractivity contribution in [2.75, 3.05) is 12.4 Å². The highest BCUT2D eigenvalue weighted by atomic mass is 32.1. The lowest BCUT2D eigenvalue weighted by molar-refractivity contribution is -0.140. The van der Waals surface area contributed by atoms with Crippen LogP contribution < -0.4 is 5.32 Å². The highest BCUT2D eigenvalue weighted by molar-refractivity contribution is 7.13. The van der Waals surface area contributed by atoms with E-state index in [1.807, 2.05) is 22.3 Å². The van der Waals surface area contributed by atoms with Gasteiger partial charge in [0.15, 0.2) is 5.13 Å². The largest absolute Gasteiger partial charge is 0.469 e. The second-order valence-electron chi connectivity index (χ2n) is 4.49. The SMILES string of the molecule is COC(=O)CCc1csc(NC(C)Cn2cccn2)n1. The van der Waals surface area contributed by atoms with Crippen LogP contribution in [-0.2, 0) is 22.5 Å². The number of methoxy groups -OCH3 is 1. The Kier molecular flexibility index (Phi) is 5.11. The van der Waals surface area contributed by atoms with Crippen molar-refractivity contribution in [1.29, 1.82) is 0 Å². The van der Waals surface area contributed by atoms with Gasteiger partial charge in [0.2, 0.25) is 0 Å². The topological polar surface area (TPSA) is 69.0 Å². The first-order chi connectivity index (χ1) is 9.67. The lowest BCUT2D eigenvalue weighted by Gasteiger charge is -2.12. The Morgan fingerprint density at radius 3 is 3.15 bits per heavy atom. The van der Waals surface area contributed by atoms with Crippen LogP contribution in [0.25, 0.3) is 0 Å². The molecule has 0 saturated carbocycles. The van der Waals surface area contributed by atoms with Crippen molar-refractivity contribution in [3.63, 3.8) is 0 Å². The van der Waals surface area contributed by atoms with E-state index in [1.165, 1.54) is 7.11 Å². The molecule has 108 valence electrons. The van der Waals surface area contributed by atoms with Gasteiger partial charge in [-0.1, -0.05) is 0 Å². The number of esters is 1. The standard InChI is InChI=1S/C13H18N4O2S/c1-10(8-17-7-3-6-14-17)15-13-16-11(9-20-13)4-5-12(18)19-2/h3,6-7,9-10H,4-5,8H2,1-2H3,(H,15,16). The summed E-state index contributed by atoms with van der Waals surface area (Å²) in [6.07, 6.45) is 4.67. The molecule has 20 heavy (non-hydrogen) atoms. The normalized spacial score (nSPS) is 12.1. The van der Waals surface area contributed by atoms with Crippen LogP contribution in [0.2, 0.25) is 0 Å². The Hall–Kier alpha value is -1.89. The number of nitrogens with one attached hydrogen (secondary N) is 1. The van der Waals surface area contributed by atoms with Crippen molar-refractivity contribution in [2.24, 2.45) is 0 Å². The number of hydrogen-bond acceptors (Lipinski definition) is 6. The molecule has 2 heterocycles. The molecule has 0 aliphatic heterocycles. The molecule has 2 aromatic heterocycles. The maximum absolute atomic E-state index is 11.1. The van der Waals surface area contributed by atoms with Crippen LogP contribution in [0.15, 0.2) is 23.8 Å². The molecule has 1 atom stereocenters. The number of aryl methyl sites for hydroxylation is 1. The average molecular weight is 294 g/mol. The number of anilines is 1. The number of carbonyl (C=O) groups excluding carboxylic acids is 1. The number of aromatic nitrogens is 3. The third-order valence-corrected chi connectivity index (χ3v) is 3.58. The minimum absolute atomic E-state index is 0.209. The van der Waals surface area contributed by atoms with Crippen LogP contribution in [0.3, 0.4) is 0 Å². The third kappa shape index (κ3) is 4.34. The molecular formula is C13H18N4O2S. The van der Waals surface area contributed by atoms with E-state index in [4.69, 9.17) is 0 Å². The van der Waals surface area contributed by atoms with Gasteiger partial charge in [0.25, 0.3) is 0 Å². The van der Waals surface area contributed by atoms with Crippen molar-refractivity contribution >= 4 is 22.4 Å². The molecule has 1 unspecified atom stereocenters. The quantitative estimate of drug-likeness (QED) is 0.790. The smallest absolute Gasteiger partial charge is 0.305 e. The molecule has 0 bridgehead atoms. The number of nitrogens with zero attached hydrogens (tertiary/aromatic N) is 3. The monoisotopic (exact) mass is 294 g/mol. The molecular weight excluding hydrogens is 276 g/mol. The fourth-order valence-electron chi connectivity index (χ4n) is 1.77. The minimum Gasteiger partial charge on any atom is -0.469 e. The summed E-state index contributed by atoms with van der Waals surface area (Å²) in [7, 11) is 1.40. The van der Waals surface area contributed by atoms with E-state index in [9.17, 15) is 4.79 Å². The third-order valence-electron chi connectivity index (χ3n) is 2.75. The number of rotatable bonds is 7. The molecule has 7 heteroatoms. The minimum atomic E-state index is -0.209. The van der Waals surface area contributed by atoms with Gasteiger partial charge in [0, 0.05) is 30.2 Å². The summed E-state index contributed by atoms with van der Waals surface area (Å²) in [5.41, 5.74) is 0.911. The van der Waals surface area contributed by atoms with Gasteiger partial charge in [-0.25, -0.2) is 4.98 Å². The van der Waals surface area contributed by atoms with E-state index in [2.05, 4.69) is 27.1 Å². The summed E-state index contributed by atoms with van der Waals surface area (Å²) >= 11 is 1.55. The van der Waals surface area contributed by atoms with E-state index in [-0.39, 0.29) is 12.0 Å². The van der Waals surface area contributed by atoms with Crippen molar-refractivity contribution in [3.8, 4) is 0 Å². The summed E-state index contributed by atoms with van der Waals surface area (Å²) in [5, 5.41) is 10.3. The maximum Gasteiger partial charge on any atom is 0.305 e. The average Bonchev–Trinajstić information content (AvgIpc) is 3.07. The van der Waals surface area contributed by atoms with Gasteiger partial charge < -0.3 is 10.1 Å². The molecule has 1 N–H and O–H groups in total. The number of hydrogen-bond donors (Lipinski definition) is 1. The predicted molar refractivity (Wildman–Crippen MR) is 77.8 cm³/mol. The fraction of sp³-hybridized carbons (Fsp3) is 0.462. The van der Waals surface area contributed by atoms with Gasteiger partial charge in [0.05, 0.1) is 25.8 Å². The molecule has 0 saturated heterocycles. The Labute approximate surface area is 121 Å². The van der Waals surface area contributed by atoms with Crippen molar-refractivity contribution in [1.82, 2.24) is 14.8 Å². The molecule has 0 amide bonds. The Morgan fingerprint density at radius 1 is 1.60 bits per heavy atom. The van der Waals surface area contributed by atoms with E-state index < -0.39 is 0 Å². The van der Waals surface area contributed by atoms with Crippen LogP contribution in [0.1, 0.15) is 19.0 Å². The zero-order valence-electron chi connectivity index (χ0n) is 11.6. The van der Waals surface area contributed by atoms with E-state index in [0.29, 0.717) is 12.8 Å². The molecule has 2 aromatic rings. The lowest BCUT2D eigenvalue weighted by Crippen LogP contribution is -2.22. The van der Waals surface area contributed by atoms with Gasteiger partial charge in [0.1, 0.15) is 0 Å². The predicted octanol–water partition coefficient (Wildman–Crippen LogP) is 1.95. The van der Waals surface area contributed by atoms with Crippen LogP contribution >= 0.6 is 11.3 Å². The van der Waals surface area contributed by atoms with Crippen molar-refractivity contribution in [2.45, 2.75) is 32.4 Å². The van der Waals surface area contributed by atoms with Gasteiger partial charge in [-0.2, -0.15) is 5.10 Å². The molecule has 0 spiro atoms. The first kappa shape index (κ1) is 14.5. The van der Waals surface area contributed by atoms with Crippen molar-refractivity contribution in [3.05, 3.63) is 29.5 Å². The van der Waals surface area contributed by atoms with Crippen LogP contribution in [-0.4, -0.2) is 33.9 Å². The zero-order chi connectivity index (χ0) is 14.4. The molecule has 6 nitrogen and oxygen atoms in total. The zero-order valence-corrected chi connectivity index (χ0v) is 12.4. The Morgan fingerprint density at radius 2 is 2.45 bits per heavy atom.